The van der Waals surface area contributed by atoms with Crippen molar-refractivity contribution in [3.8, 4) is 6.07 Å². The van der Waals surface area contributed by atoms with E-state index in [2.05, 4.69) is 19.9 Å². The van der Waals surface area contributed by atoms with Gasteiger partial charge in [-0.15, -0.1) is 0 Å². The molecule has 8 nitrogen and oxygen atoms in total. The molecule has 0 aromatic carbocycles. The van der Waals surface area contributed by atoms with Crippen LogP contribution < -0.4 is 4.72 Å². The van der Waals surface area contributed by atoms with Crippen LogP contribution in [0.1, 0.15) is 5.56 Å². The van der Waals surface area contributed by atoms with Gasteiger partial charge in [-0.3, -0.25) is 9.82 Å². The molecule has 2 aromatic heterocycles. The van der Waals surface area contributed by atoms with Gasteiger partial charge in [0.2, 0.25) is 0 Å². The molecule has 0 unspecified atom stereocenters. The van der Waals surface area contributed by atoms with Gasteiger partial charge < -0.3 is 4.57 Å². The Balaban J connectivity index is 2.34. The first-order chi connectivity index (χ1) is 8.03. The van der Waals surface area contributed by atoms with Crippen LogP contribution in [0.25, 0.3) is 0 Å². The monoisotopic (exact) mass is 252 g/mol. The van der Waals surface area contributed by atoms with Crippen LogP contribution in [0.5, 0.6) is 0 Å². The molecule has 0 spiro atoms. The molecule has 0 aliphatic heterocycles. The first-order valence-corrected chi connectivity index (χ1v) is 5.95. The van der Waals surface area contributed by atoms with Crippen LogP contribution in [0.2, 0.25) is 0 Å². The second kappa shape index (κ2) is 3.91. The van der Waals surface area contributed by atoms with Crippen LogP contribution >= 0.6 is 0 Å². The van der Waals surface area contributed by atoms with E-state index in [1.165, 1.54) is 23.3 Å². The first-order valence-electron chi connectivity index (χ1n) is 4.47. The van der Waals surface area contributed by atoms with E-state index >= 15 is 0 Å². The topological polar surface area (TPSA) is 116 Å². The minimum atomic E-state index is -3.80. The summed E-state index contributed by atoms with van der Waals surface area (Å²) < 4.78 is 27.4. The van der Waals surface area contributed by atoms with E-state index in [1.54, 1.807) is 7.05 Å². The third-order valence-corrected chi connectivity index (χ3v) is 3.19. The Hall–Kier alpha value is -2.34. The van der Waals surface area contributed by atoms with Crippen molar-refractivity contribution < 1.29 is 8.42 Å². The van der Waals surface area contributed by atoms with Gasteiger partial charge in [0, 0.05) is 13.2 Å². The molecule has 0 aliphatic rings. The number of nitrogens with one attached hydrogen (secondary N) is 2. The van der Waals surface area contributed by atoms with E-state index in [1.807, 2.05) is 6.07 Å². The molecule has 2 N–H and O–H groups in total. The molecule has 0 amide bonds. The van der Waals surface area contributed by atoms with Crippen molar-refractivity contribution in [3.63, 3.8) is 0 Å². The highest BCUT2D eigenvalue weighted by molar-refractivity contribution is 7.92. The van der Waals surface area contributed by atoms with Gasteiger partial charge >= 0.3 is 0 Å². The zero-order valence-corrected chi connectivity index (χ0v) is 9.56. The summed E-state index contributed by atoms with van der Waals surface area (Å²) >= 11 is 0. The van der Waals surface area contributed by atoms with Gasteiger partial charge in [-0.2, -0.15) is 18.8 Å². The summed E-state index contributed by atoms with van der Waals surface area (Å²) in [6, 6.07) is 1.81. The Morgan fingerprint density at radius 3 is 2.94 bits per heavy atom. The third kappa shape index (κ3) is 2.11. The average molecular weight is 252 g/mol. The molecule has 0 bridgehead atoms. The number of sulfonamides is 1. The number of nitriles is 1. The number of aromatic amines is 1. The van der Waals surface area contributed by atoms with Gasteiger partial charge in [0.15, 0.2) is 10.8 Å². The molecule has 2 rings (SSSR count). The van der Waals surface area contributed by atoms with E-state index in [4.69, 9.17) is 5.26 Å². The number of anilines is 1. The number of imidazole rings is 1. The smallest absolute Gasteiger partial charge is 0.282 e. The Bertz CT molecular complexity index is 677. The van der Waals surface area contributed by atoms with Crippen molar-refractivity contribution in [2.75, 3.05) is 4.72 Å². The van der Waals surface area contributed by atoms with Gasteiger partial charge in [-0.1, -0.05) is 0 Å². The summed E-state index contributed by atoms with van der Waals surface area (Å²) in [5.74, 6) is 0.0261. The van der Waals surface area contributed by atoms with Crippen LogP contribution in [-0.4, -0.2) is 28.2 Å². The molecular weight excluding hydrogens is 244 g/mol. The molecule has 2 aromatic rings. The predicted octanol–water partition coefficient (Wildman–Crippen LogP) is -0.184. The zero-order valence-electron chi connectivity index (χ0n) is 8.75. The zero-order chi connectivity index (χ0) is 12.5. The van der Waals surface area contributed by atoms with Gasteiger partial charge in [-0.25, -0.2) is 4.98 Å². The van der Waals surface area contributed by atoms with Gasteiger partial charge in [0.05, 0.1) is 12.5 Å². The van der Waals surface area contributed by atoms with E-state index < -0.39 is 10.0 Å². The van der Waals surface area contributed by atoms with Crippen molar-refractivity contribution in [3.05, 3.63) is 24.3 Å². The van der Waals surface area contributed by atoms with Crippen molar-refractivity contribution in [1.29, 1.82) is 5.26 Å². The number of aromatic nitrogens is 4. The summed E-state index contributed by atoms with van der Waals surface area (Å²) in [7, 11) is -2.14. The fourth-order valence-corrected chi connectivity index (χ4v) is 2.18. The Labute approximate surface area is 97.0 Å². The summed E-state index contributed by atoms with van der Waals surface area (Å²) in [6.07, 6.45) is 3.95. The third-order valence-electron chi connectivity index (χ3n) is 1.95. The Kier molecular flexibility index (Phi) is 2.57. The Morgan fingerprint density at radius 2 is 2.35 bits per heavy atom. The van der Waals surface area contributed by atoms with E-state index in [-0.39, 0.29) is 16.4 Å². The first kappa shape index (κ1) is 11.2. The number of rotatable bonds is 3. The molecule has 17 heavy (non-hydrogen) atoms. The molecule has 0 saturated heterocycles. The maximum Gasteiger partial charge on any atom is 0.282 e. The predicted molar refractivity (Wildman–Crippen MR) is 57.3 cm³/mol. The summed E-state index contributed by atoms with van der Waals surface area (Å²) in [5.41, 5.74) is 0.115. The Morgan fingerprint density at radius 1 is 1.59 bits per heavy atom. The average Bonchev–Trinajstić information content (AvgIpc) is 2.86. The highest BCUT2D eigenvalue weighted by Crippen LogP contribution is 2.15. The second-order valence-corrected chi connectivity index (χ2v) is 4.88. The van der Waals surface area contributed by atoms with Crippen LogP contribution in [0.3, 0.4) is 0 Å². The normalized spacial score (nSPS) is 11.1. The quantitative estimate of drug-likeness (QED) is 0.785. The minimum Gasteiger partial charge on any atom is -0.339 e. The van der Waals surface area contributed by atoms with E-state index in [0.29, 0.717) is 0 Å². The van der Waals surface area contributed by atoms with Gasteiger partial charge in [-0.05, 0) is 0 Å². The van der Waals surface area contributed by atoms with E-state index in [0.717, 1.165) is 0 Å². The SMILES string of the molecule is Cn1cnc(S(=O)(=O)Nc2[nH]ncc2C#N)c1. The van der Waals surface area contributed by atoms with Crippen LogP contribution in [0.15, 0.2) is 23.7 Å². The van der Waals surface area contributed by atoms with Crippen molar-refractivity contribution >= 4 is 15.8 Å². The molecule has 0 atom stereocenters. The molecule has 0 aliphatic carbocycles. The molecule has 88 valence electrons. The minimum absolute atomic E-state index is 0.0261. The standard InChI is InChI=1S/C8H8N6O2S/c1-14-4-7(10-5-14)17(15,16)13-8-6(2-9)3-11-12-8/h3-5H,1H3,(H2,11,12,13). The van der Waals surface area contributed by atoms with Crippen LogP contribution in [-0.2, 0) is 17.1 Å². The van der Waals surface area contributed by atoms with Crippen molar-refractivity contribution in [1.82, 2.24) is 19.7 Å². The maximum absolute atomic E-state index is 11.8. The lowest BCUT2D eigenvalue weighted by molar-refractivity contribution is 0.598. The van der Waals surface area contributed by atoms with Gasteiger partial charge in [0.1, 0.15) is 11.6 Å². The largest absolute Gasteiger partial charge is 0.339 e. The van der Waals surface area contributed by atoms with Crippen LogP contribution in [0.4, 0.5) is 5.82 Å². The van der Waals surface area contributed by atoms with Crippen LogP contribution in [0, 0.1) is 11.3 Å². The number of hydrogen-bond acceptors (Lipinski definition) is 5. The summed E-state index contributed by atoms with van der Waals surface area (Å²) in [4.78, 5) is 3.72. The molecule has 0 fully saturated rings. The highest BCUT2D eigenvalue weighted by Gasteiger charge is 2.19. The van der Waals surface area contributed by atoms with Crippen molar-refractivity contribution in [2.45, 2.75) is 5.03 Å². The number of aryl methyl sites for hydroxylation is 1. The second-order valence-electron chi connectivity index (χ2n) is 3.25. The fraction of sp³-hybridized carbons (Fsp3) is 0.125. The number of nitrogens with zero attached hydrogens (tertiary/aromatic N) is 4. The molecular formula is C8H8N6O2S. The lowest BCUT2D eigenvalue weighted by Crippen LogP contribution is -2.14. The number of hydrogen-bond donors (Lipinski definition) is 2. The lowest BCUT2D eigenvalue weighted by atomic mass is 10.4. The van der Waals surface area contributed by atoms with Crippen molar-refractivity contribution in [2.24, 2.45) is 7.05 Å². The van der Waals surface area contributed by atoms with Gasteiger partial charge in [0.25, 0.3) is 10.0 Å². The summed E-state index contributed by atoms with van der Waals surface area (Å²) in [6.45, 7) is 0. The molecule has 2 heterocycles. The van der Waals surface area contributed by atoms with E-state index in [9.17, 15) is 8.42 Å². The molecule has 0 radical (unpaired) electrons. The number of H-pyrrole nitrogens is 1. The molecule has 0 saturated carbocycles. The lowest BCUT2D eigenvalue weighted by Gasteiger charge is -2.02. The highest BCUT2D eigenvalue weighted by atomic mass is 32.2. The molecule has 9 heteroatoms. The maximum atomic E-state index is 11.8. The summed E-state index contributed by atoms with van der Waals surface area (Å²) in [5, 5.41) is 14.6. The fourth-order valence-electron chi connectivity index (χ4n) is 1.16.